The molecule has 0 fully saturated rings. The number of rotatable bonds is 53. The molecule has 0 saturated carbocycles. The van der Waals surface area contributed by atoms with Gasteiger partial charge in [-0.3, -0.25) is 9.59 Å². The lowest BCUT2D eigenvalue weighted by Gasteiger charge is -2.19. The van der Waals surface area contributed by atoms with E-state index in [0.29, 0.717) is 49.3 Å². The number of carbonyl (C=O) groups is 2. The van der Waals surface area contributed by atoms with Crippen molar-refractivity contribution in [3.05, 3.63) is 48.1 Å². The first kappa shape index (κ1) is 68.1. The number of nitrogens with two attached hydrogens (primary N) is 1. The first-order chi connectivity index (χ1) is 34.5. The molecule has 1 aromatic carbocycles. The minimum atomic E-state index is -0.176. The largest absolute Gasteiger partial charge is 0.490 e. The number of benzene rings is 1. The van der Waals surface area contributed by atoms with E-state index in [1.165, 1.54) is 167 Å². The molecule has 13 N–H and O–H groups in total. The number of amides is 2. The van der Waals surface area contributed by atoms with E-state index in [-0.39, 0.29) is 25.3 Å². The highest BCUT2D eigenvalue weighted by Crippen LogP contribution is 2.29. The molecule has 0 saturated heterocycles. The minimum absolute atomic E-state index is 0. The number of carbonyl (C=O) groups excluding carboxylic acids is 2. The highest BCUT2D eigenvalue weighted by Gasteiger charge is 2.22. The Morgan fingerprint density at radius 3 is 1.41 bits per heavy atom. The number of hydrogen-bond acceptors (Lipinski definition) is 4. The van der Waals surface area contributed by atoms with Gasteiger partial charge in [0, 0.05) is 31.5 Å². The molecule has 0 aliphatic heterocycles. The second-order valence-electron chi connectivity index (χ2n) is 20.4. The Morgan fingerprint density at radius 2 is 0.930 bits per heavy atom. The van der Waals surface area contributed by atoms with Crippen molar-refractivity contribution >= 4 is 11.8 Å². The summed E-state index contributed by atoms with van der Waals surface area (Å²) in [5.74, 6) is 1.91. The van der Waals surface area contributed by atoms with Crippen LogP contribution in [0.5, 0.6) is 11.5 Å². The molecule has 1 atom stereocenters. The molecule has 0 aliphatic rings. The Morgan fingerprint density at radius 1 is 0.507 bits per heavy atom. The third kappa shape index (κ3) is 42.2. The number of quaternary nitrogens is 4. The quantitative estimate of drug-likeness (QED) is 0.0281. The van der Waals surface area contributed by atoms with Gasteiger partial charge in [0.1, 0.15) is 0 Å². The van der Waals surface area contributed by atoms with E-state index in [4.69, 9.17) is 9.47 Å². The summed E-state index contributed by atoms with van der Waals surface area (Å²) < 4.78 is 12.7. The van der Waals surface area contributed by atoms with Gasteiger partial charge in [-0.15, -0.1) is 0 Å². The fraction of sp³-hybridized carbons (Fsp3) is 0.803. The van der Waals surface area contributed by atoms with Crippen LogP contribution in [-0.2, 0) is 4.79 Å². The van der Waals surface area contributed by atoms with Crippen LogP contribution in [0.3, 0.4) is 0 Å². The molecule has 71 heavy (non-hydrogen) atoms. The van der Waals surface area contributed by atoms with Crippen LogP contribution in [0.25, 0.3) is 0 Å². The van der Waals surface area contributed by atoms with Gasteiger partial charge < -0.3 is 42.6 Å². The van der Waals surface area contributed by atoms with Gasteiger partial charge in [0.15, 0.2) is 17.5 Å². The minimum Gasteiger partial charge on any atom is -0.490 e. The zero-order chi connectivity index (χ0) is 50.6. The van der Waals surface area contributed by atoms with Crippen LogP contribution in [-0.4, -0.2) is 70.3 Å². The van der Waals surface area contributed by atoms with Crippen LogP contribution in [0.4, 0.5) is 0 Å². The molecule has 1 aromatic rings. The predicted molar refractivity (Wildman–Crippen MR) is 303 cm³/mol. The highest BCUT2D eigenvalue weighted by molar-refractivity contribution is 5.95. The molecule has 2 amide bonds. The van der Waals surface area contributed by atoms with Gasteiger partial charge in [0.25, 0.3) is 11.8 Å². The summed E-state index contributed by atoms with van der Waals surface area (Å²) >= 11 is 0. The van der Waals surface area contributed by atoms with Gasteiger partial charge in [-0.25, -0.2) is 0 Å². The number of unbranched alkanes of at least 4 members (excludes halogenated alkanes) is 24. The molecule has 10 heteroatoms. The van der Waals surface area contributed by atoms with Gasteiger partial charge in [0.05, 0.1) is 39.4 Å². The van der Waals surface area contributed by atoms with Crippen molar-refractivity contribution in [3.8, 4) is 11.5 Å². The number of allylic oxidation sites excluding steroid dienone is 4. The summed E-state index contributed by atoms with van der Waals surface area (Å²) in [7, 11) is 0. The van der Waals surface area contributed by atoms with Gasteiger partial charge in [-0.2, -0.15) is 0 Å². The molecule has 1 rings (SSSR count). The predicted octanol–water partition coefficient (Wildman–Crippen LogP) is 11.4. The highest BCUT2D eigenvalue weighted by atomic mass is 16.5. The van der Waals surface area contributed by atoms with Gasteiger partial charge in [0.2, 0.25) is 0 Å². The molecular formula is C61H120N6O4+4. The van der Waals surface area contributed by atoms with Crippen LogP contribution in [0.1, 0.15) is 263 Å². The third-order valence-electron chi connectivity index (χ3n) is 13.8. The van der Waals surface area contributed by atoms with Crippen molar-refractivity contribution in [2.75, 3.05) is 52.5 Å². The molecule has 0 spiro atoms. The average Bonchev–Trinajstić information content (AvgIpc) is 3.37. The van der Waals surface area contributed by atoms with Crippen LogP contribution >= 0.6 is 0 Å². The van der Waals surface area contributed by atoms with E-state index in [1.54, 1.807) is 0 Å². The van der Waals surface area contributed by atoms with Gasteiger partial charge in [-0.05, 0) is 120 Å². The van der Waals surface area contributed by atoms with Crippen molar-refractivity contribution in [3.63, 3.8) is 0 Å². The normalized spacial score (nSPS) is 12.0. The van der Waals surface area contributed by atoms with E-state index >= 15 is 0 Å². The van der Waals surface area contributed by atoms with Crippen molar-refractivity contribution in [2.45, 2.75) is 258 Å². The second kappa shape index (κ2) is 53.4. The topological polar surface area (TPSA) is 176 Å². The van der Waals surface area contributed by atoms with E-state index in [0.717, 1.165) is 90.4 Å². The lowest BCUT2D eigenvalue weighted by Crippen LogP contribution is -2.93. The Hall–Kier alpha value is -2.92. The fourth-order valence-electron chi connectivity index (χ4n) is 9.28. The Bertz CT molecular complexity index is 1370. The Balaban J connectivity index is 0.0000490. The summed E-state index contributed by atoms with van der Waals surface area (Å²) in [6, 6.07) is 5.43. The first-order valence-corrected chi connectivity index (χ1v) is 30.0. The van der Waals surface area contributed by atoms with Crippen molar-refractivity contribution in [1.82, 2.24) is 10.6 Å². The maximum Gasteiger partial charge on any atom is 0.278 e. The molecule has 0 heterocycles. The summed E-state index contributed by atoms with van der Waals surface area (Å²) in [6.07, 6.45) is 54.0. The molecular weight excluding hydrogens is 881 g/mol. The molecule has 414 valence electrons. The van der Waals surface area contributed by atoms with Crippen molar-refractivity contribution < 1.29 is 41.6 Å². The first-order valence-electron chi connectivity index (χ1n) is 30.0. The molecule has 0 bridgehead atoms. The monoisotopic (exact) mass is 1000 g/mol. The van der Waals surface area contributed by atoms with E-state index in [2.05, 4.69) is 71.3 Å². The fourth-order valence-corrected chi connectivity index (χ4v) is 9.28. The summed E-state index contributed by atoms with van der Waals surface area (Å²) in [5.41, 5.74) is 12.6. The molecule has 10 nitrogen and oxygen atoms in total. The smallest absolute Gasteiger partial charge is 0.278 e. The lowest BCUT2D eigenvalue weighted by atomic mass is 9.91. The maximum atomic E-state index is 13.4. The number of hydrogen-bond donors (Lipinski definition) is 6. The van der Waals surface area contributed by atoms with Crippen LogP contribution in [0.15, 0.2) is 42.5 Å². The van der Waals surface area contributed by atoms with E-state index in [1.807, 2.05) is 18.2 Å². The summed E-state index contributed by atoms with van der Waals surface area (Å²) in [4.78, 5) is 26.8. The number of ether oxygens (including phenoxy) is 2. The lowest BCUT2D eigenvalue weighted by molar-refractivity contribution is -0.679. The Labute approximate surface area is 438 Å². The standard InChI is InChI=1S/C60H112N6O4.CH4/c1-3-5-7-9-11-13-15-17-19-21-23-25-27-29-31-33-51-69-57-44-43-55(53-58(57)70-52-34-32-30-28-26-24-22-20-18-16-14-12-10-8-6-4-2)59(67)65-49-50-66-60(68)56(64-48-38-47-63)42-35-39-54(40-36-45-61)41-37-46-62;/h17-20,43-44,53-54,56,64H,3-16,21-42,45-52,61-63H2,1-2H3,(H,65,67)(H,66,68);1H4/p+4/b19-17-,20-18-;/t56-;/m0./s1. The van der Waals surface area contributed by atoms with Crippen LogP contribution < -0.4 is 42.6 Å². The summed E-state index contributed by atoms with van der Waals surface area (Å²) in [5, 5.41) is 8.33. The second-order valence-corrected chi connectivity index (χ2v) is 20.4. The van der Waals surface area contributed by atoms with Crippen LogP contribution in [0, 0.1) is 5.92 Å². The summed E-state index contributed by atoms with van der Waals surface area (Å²) in [6.45, 7) is 10.3. The van der Waals surface area contributed by atoms with Crippen molar-refractivity contribution in [1.29, 1.82) is 0 Å². The zero-order valence-electron chi connectivity index (χ0n) is 46.1. The molecule has 0 unspecified atom stereocenters. The SMILES string of the molecule is C.CCCCCCCC/C=C\CCCCCCCCOc1ccc(C(=O)NCCNC(=O)[C@H](CCCC(CCC[NH3+])CCC[NH3+])[NH2+]CCC[NH3+])cc1OCCCCCCCC/C=C\CCCCCCCC. The van der Waals surface area contributed by atoms with Crippen LogP contribution in [0.2, 0.25) is 0 Å². The molecule has 0 aliphatic carbocycles. The average molecular weight is 1000 g/mol. The third-order valence-corrected chi connectivity index (χ3v) is 13.8. The van der Waals surface area contributed by atoms with E-state index < -0.39 is 0 Å². The van der Waals surface area contributed by atoms with Gasteiger partial charge in [-0.1, -0.05) is 168 Å². The van der Waals surface area contributed by atoms with E-state index in [9.17, 15) is 9.59 Å². The number of nitrogens with one attached hydrogen (secondary N) is 2. The Kier molecular flexibility index (Phi) is 51.2. The molecule has 0 aromatic heterocycles. The van der Waals surface area contributed by atoms with Crippen molar-refractivity contribution in [2.24, 2.45) is 5.92 Å². The maximum absolute atomic E-state index is 13.4. The van der Waals surface area contributed by atoms with Gasteiger partial charge >= 0.3 is 0 Å². The molecule has 0 radical (unpaired) electrons. The zero-order valence-corrected chi connectivity index (χ0v) is 46.1.